The summed E-state index contributed by atoms with van der Waals surface area (Å²) in [6.07, 6.45) is 4.34. The van der Waals surface area contributed by atoms with Crippen molar-refractivity contribution in [2.75, 3.05) is 0 Å². The van der Waals surface area contributed by atoms with Crippen molar-refractivity contribution in [3.05, 3.63) is 12.3 Å². The number of hydrogen-bond donors (Lipinski definition) is 0. The van der Waals surface area contributed by atoms with E-state index in [1.165, 1.54) is 0 Å². The lowest BCUT2D eigenvalue weighted by atomic mass is 9.93. The van der Waals surface area contributed by atoms with Gasteiger partial charge in [0.25, 0.3) is 0 Å². The van der Waals surface area contributed by atoms with E-state index in [4.69, 9.17) is 13.3 Å². The van der Waals surface area contributed by atoms with Crippen LogP contribution in [0.25, 0.3) is 0 Å². The summed E-state index contributed by atoms with van der Waals surface area (Å²) in [4.78, 5) is 0. The van der Waals surface area contributed by atoms with E-state index in [0.29, 0.717) is 18.3 Å². The molecule has 0 aromatic heterocycles. The molecule has 0 N–H and O–H groups in total. The number of hydrogen-bond acceptors (Lipinski definition) is 3. The molecule has 66 valence electrons. The topological polar surface area (TPSA) is 27.7 Å². The predicted molar refractivity (Wildman–Crippen MR) is 44.4 cm³/mol. The zero-order valence-corrected chi connectivity index (χ0v) is 7.86. The third-order valence-electron chi connectivity index (χ3n) is 2.82. The summed E-state index contributed by atoms with van der Waals surface area (Å²) in [6, 6.07) is 0. The first kappa shape index (κ1) is 7.26. The quantitative estimate of drug-likeness (QED) is 0.569. The maximum atomic E-state index is 5.74. The molecule has 0 aromatic rings. The van der Waals surface area contributed by atoms with Gasteiger partial charge in [0, 0.05) is 0 Å². The summed E-state index contributed by atoms with van der Waals surface area (Å²) < 4.78 is 17.2. The fourth-order valence-electron chi connectivity index (χ4n) is 2.38. The first-order valence-electron chi connectivity index (χ1n) is 4.47. The third-order valence-corrected chi connectivity index (χ3v) is 5.31. The van der Waals surface area contributed by atoms with E-state index in [1.54, 1.807) is 5.70 Å². The maximum absolute atomic E-state index is 5.74. The zero-order valence-electron chi connectivity index (χ0n) is 6.86. The Kier molecular flexibility index (Phi) is 1.33. The van der Waals surface area contributed by atoms with Gasteiger partial charge in [-0.25, -0.2) is 0 Å². The van der Waals surface area contributed by atoms with Crippen LogP contribution in [0.5, 0.6) is 0 Å². The highest BCUT2D eigenvalue weighted by molar-refractivity contribution is 6.66. The predicted octanol–water partition coefficient (Wildman–Crippen LogP) is 1.02. The van der Waals surface area contributed by atoms with Gasteiger partial charge in [0.1, 0.15) is 0 Å². The van der Waals surface area contributed by atoms with Crippen molar-refractivity contribution >= 4 is 8.80 Å². The molecule has 3 nitrogen and oxygen atoms in total. The number of rotatable bonds is 1. The van der Waals surface area contributed by atoms with Crippen LogP contribution in [-0.2, 0) is 13.3 Å². The van der Waals surface area contributed by atoms with Crippen molar-refractivity contribution < 1.29 is 13.3 Å². The Balaban J connectivity index is 1.95. The highest BCUT2D eigenvalue weighted by atomic mass is 28.4. The van der Waals surface area contributed by atoms with Crippen molar-refractivity contribution in [2.24, 2.45) is 0 Å². The molecular formula is C8H12O3Si. The first-order chi connectivity index (χ1) is 5.80. The van der Waals surface area contributed by atoms with Crippen LogP contribution in [0.4, 0.5) is 0 Å². The Morgan fingerprint density at radius 2 is 1.42 bits per heavy atom. The van der Waals surface area contributed by atoms with Crippen LogP contribution in [-0.4, -0.2) is 27.1 Å². The van der Waals surface area contributed by atoms with Crippen molar-refractivity contribution in [1.82, 2.24) is 0 Å². The molecule has 1 aliphatic carbocycles. The molecule has 0 unspecified atom stereocenters. The average Bonchev–Trinajstić information content (AvgIpc) is 2.02. The molecular weight excluding hydrogens is 172 g/mol. The highest BCUT2D eigenvalue weighted by Crippen LogP contribution is 2.42. The molecule has 0 amide bonds. The molecule has 0 radical (unpaired) electrons. The van der Waals surface area contributed by atoms with Gasteiger partial charge in [-0.3, -0.25) is 0 Å². The molecule has 4 heteroatoms. The second-order valence-corrected chi connectivity index (χ2v) is 6.06. The van der Waals surface area contributed by atoms with Gasteiger partial charge in [-0.2, -0.15) is 0 Å². The van der Waals surface area contributed by atoms with Crippen LogP contribution in [0.15, 0.2) is 12.3 Å². The summed E-state index contributed by atoms with van der Waals surface area (Å²) >= 11 is 0. The van der Waals surface area contributed by atoms with Crippen molar-refractivity contribution in [3.63, 3.8) is 0 Å². The van der Waals surface area contributed by atoms with Gasteiger partial charge in [0.15, 0.2) is 0 Å². The Morgan fingerprint density at radius 3 is 1.75 bits per heavy atom. The van der Waals surface area contributed by atoms with Crippen LogP contribution in [0.2, 0.25) is 0 Å². The molecule has 4 bridgehead atoms. The molecule has 12 heavy (non-hydrogen) atoms. The van der Waals surface area contributed by atoms with Gasteiger partial charge < -0.3 is 13.3 Å². The summed E-state index contributed by atoms with van der Waals surface area (Å²) in [6.45, 7) is 3.74. The van der Waals surface area contributed by atoms with E-state index < -0.39 is 8.80 Å². The van der Waals surface area contributed by atoms with Gasteiger partial charge in [0.2, 0.25) is 0 Å². The second kappa shape index (κ2) is 2.20. The minimum atomic E-state index is -2.36. The van der Waals surface area contributed by atoms with Gasteiger partial charge in [-0.1, -0.05) is 6.58 Å². The molecule has 0 atom stereocenters. The maximum Gasteiger partial charge on any atom is 0.529 e. The lowest BCUT2D eigenvalue weighted by molar-refractivity contribution is -0.162. The Labute approximate surface area is 72.7 Å². The lowest BCUT2D eigenvalue weighted by Gasteiger charge is -2.52. The first-order valence-corrected chi connectivity index (χ1v) is 6.27. The summed E-state index contributed by atoms with van der Waals surface area (Å²) in [5.74, 6) is 0. The standard InChI is InChI=1S/C8H12O3Si/c1-2-12-9-6-3-7(10-12)5-8(4-6)11-12/h2,6-8H,1,3-5H2. The van der Waals surface area contributed by atoms with Crippen molar-refractivity contribution in [2.45, 2.75) is 37.6 Å². The Hall–Kier alpha value is -0.163. The minimum absolute atomic E-state index is 0.390. The van der Waals surface area contributed by atoms with Gasteiger partial charge in [-0.15, -0.1) is 0 Å². The molecule has 4 aliphatic rings. The molecule has 3 saturated heterocycles. The summed E-state index contributed by atoms with van der Waals surface area (Å²) in [7, 11) is -2.36. The smallest absolute Gasteiger partial charge is 0.367 e. The Morgan fingerprint density at radius 1 is 1.00 bits per heavy atom. The molecule has 4 rings (SSSR count). The minimum Gasteiger partial charge on any atom is -0.367 e. The second-order valence-electron chi connectivity index (χ2n) is 3.73. The van der Waals surface area contributed by atoms with Gasteiger partial charge in [-0.05, 0) is 25.0 Å². The zero-order chi connectivity index (χ0) is 8.18. The van der Waals surface area contributed by atoms with Crippen molar-refractivity contribution in [1.29, 1.82) is 0 Å². The van der Waals surface area contributed by atoms with Gasteiger partial charge >= 0.3 is 8.80 Å². The Bertz CT molecular complexity index is 193. The third kappa shape index (κ3) is 0.863. The van der Waals surface area contributed by atoms with E-state index in [1.807, 2.05) is 0 Å². The fourth-order valence-corrected chi connectivity index (χ4v) is 4.81. The van der Waals surface area contributed by atoms with Crippen LogP contribution < -0.4 is 0 Å². The molecule has 4 fully saturated rings. The largest absolute Gasteiger partial charge is 0.529 e. The molecule has 3 heterocycles. The average molecular weight is 184 g/mol. The fraction of sp³-hybridized carbons (Fsp3) is 0.750. The summed E-state index contributed by atoms with van der Waals surface area (Å²) in [5, 5.41) is 0. The van der Waals surface area contributed by atoms with Crippen LogP contribution in [0.3, 0.4) is 0 Å². The molecule has 3 aliphatic heterocycles. The SMILES string of the molecule is C=C[Si]12OC3CC(CC(C3)O1)O2. The molecule has 1 saturated carbocycles. The van der Waals surface area contributed by atoms with E-state index in [-0.39, 0.29) is 0 Å². The van der Waals surface area contributed by atoms with E-state index in [9.17, 15) is 0 Å². The lowest BCUT2D eigenvalue weighted by Crippen LogP contribution is -2.65. The molecule has 0 spiro atoms. The van der Waals surface area contributed by atoms with Crippen LogP contribution in [0, 0.1) is 0 Å². The molecule has 0 aromatic carbocycles. The van der Waals surface area contributed by atoms with Gasteiger partial charge in [0.05, 0.1) is 18.3 Å². The van der Waals surface area contributed by atoms with Crippen molar-refractivity contribution in [3.8, 4) is 0 Å². The van der Waals surface area contributed by atoms with E-state index >= 15 is 0 Å². The van der Waals surface area contributed by atoms with Crippen LogP contribution in [0.1, 0.15) is 19.3 Å². The van der Waals surface area contributed by atoms with Crippen LogP contribution >= 0.6 is 0 Å². The highest BCUT2D eigenvalue weighted by Gasteiger charge is 2.57. The van der Waals surface area contributed by atoms with E-state index in [2.05, 4.69) is 6.58 Å². The summed E-state index contributed by atoms with van der Waals surface area (Å²) in [5.41, 5.74) is 1.76. The van der Waals surface area contributed by atoms with E-state index in [0.717, 1.165) is 19.3 Å². The monoisotopic (exact) mass is 184 g/mol. The normalized spacial score (nSPS) is 55.8.